The maximum Gasteiger partial charge on any atom is 0.0992 e. The van der Waals surface area contributed by atoms with E-state index in [1.54, 1.807) is 19.1 Å². The Morgan fingerprint density at radius 1 is 1.57 bits per heavy atom. The van der Waals surface area contributed by atoms with Gasteiger partial charge in [-0.1, -0.05) is 6.07 Å². The zero-order valence-corrected chi connectivity index (χ0v) is 8.41. The molecule has 1 atom stereocenters. The Morgan fingerprint density at radius 3 is 2.86 bits per heavy atom. The fraction of sp³-hybridized carbons (Fsp3) is 0.364. The maximum atomic E-state index is 9.10. The van der Waals surface area contributed by atoms with Crippen LogP contribution < -0.4 is 5.32 Å². The van der Waals surface area contributed by atoms with Crippen molar-refractivity contribution in [1.29, 1.82) is 5.26 Å². The number of rotatable bonds is 3. The summed E-state index contributed by atoms with van der Waals surface area (Å²) in [5.74, 6) is 0. The number of anilines is 1. The van der Waals surface area contributed by atoms with Gasteiger partial charge < -0.3 is 10.4 Å². The molecule has 0 aliphatic heterocycles. The number of aliphatic hydroxyl groups is 1. The average molecular weight is 190 g/mol. The Labute approximate surface area is 84.0 Å². The molecule has 0 aromatic heterocycles. The van der Waals surface area contributed by atoms with Crippen molar-refractivity contribution >= 4 is 5.69 Å². The second kappa shape index (κ2) is 4.64. The molecule has 0 bridgehead atoms. The molecule has 0 unspecified atom stereocenters. The second-order valence-corrected chi connectivity index (χ2v) is 3.37. The number of aliphatic hydroxyl groups excluding tert-OH is 1. The second-order valence-electron chi connectivity index (χ2n) is 3.37. The van der Waals surface area contributed by atoms with E-state index in [1.807, 2.05) is 13.0 Å². The largest absolute Gasteiger partial charge is 0.392 e. The van der Waals surface area contributed by atoms with Crippen LogP contribution in [0.25, 0.3) is 0 Å². The third-order valence-electron chi connectivity index (χ3n) is 1.95. The van der Waals surface area contributed by atoms with Gasteiger partial charge in [0, 0.05) is 12.2 Å². The minimum Gasteiger partial charge on any atom is -0.392 e. The first kappa shape index (κ1) is 10.6. The van der Waals surface area contributed by atoms with Crippen LogP contribution in [0.4, 0.5) is 5.69 Å². The Balaban J connectivity index is 2.80. The van der Waals surface area contributed by atoms with Gasteiger partial charge in [-0.25, -0.2) is 0 Å². The van der Waals surface area contributed by atoms with Crippen LogP contribution in [0.15, 0.2) is 18.2 Å². The predicted molar refractivity (Wildman–Crippen MR) is 56.1 cm³/mol. The maximum absolute atomic E-state index is 9.10. The fourth-order valence-corrected chi connectivity index (χ4v) is 1.14. The molecule has 0 aliphatic carbocycles. The van der Waals surface area contributed by atoms with Crippen LogP contribution in [-0.4, -0.2) is 17.8 Å². The molecule has 0 fully saturated rings. The summed E-state index contributed by atoms with van der Waals surface area (Å²) in [6.07, 6.45) is -0.389. The van der Waals surface area contributed by atoms with Crippen LogP contribution in [-0.2, 0) is 0 Å². The number of nitrogens with zero attached hydrogens (tertiary/aromatic N) is 1. The fourth-order valence-electron chi connectivity index (χ4n) is 1.14. The van der Waals surface area contributed by atoms with Crippen LogP contribution in [0.3, 0.4) is 0 Å². The van der Waals surface area contributed by atoms with Gasteiger partial charge in [0.2, 0.25) is 0 Å². The summed E-state index contributed by atoms with van der Waals surface area (Å²) in [4.78, 5) is 0. The molecule has 0 radical (unpaired) electrons. The van der Waals surface area contributed by atoms with Crippen molar-refractivity contribution in [3.63, 3.8) is 0 Å². The van der Waals surface area contributed by atoms with Crippen LogP contribution in [0.1, 0.15) is 18.1 Å². The number of nitriles is 1. The molecule has 0 amide bonds. The first-order valence-corrected chi connectivity index (χ1v) is 4.56. The molecule has 0 heterocycles. The van der Waals surface area contributed by atoms with Crippen LogP contribution in [0.5, 0.6) is 0 Å². The molecule has 74 valence electrons. The monoisotopic (exact) mass is 190 g/mol. The zero-order valence-electron chi connectivity index (χ0n) is 8.41. The molecule has 1 aromatic carbocycles. The van der Waals surface area contributed by atoms with Crippen molar-refractivity contribution in [2.75, 3.05) is 11.9 Å². The highest BCUT2D eigenvalue weighted by molar-refractivity contribution is 5.55. The number of nitrogens with one attached hydrogen (secondary N) is 1. The van der Waals surface area contributed by atoms with E-state index in [4.69, 9.17) is 10.4 Å². The third kappa shape index (κ3) is 2.75. The van der Waals surface area contributed by atoms with Crippen LogP contribution in [0.2, 0.25) is 0 Å². The third-order valence-corrected chi connectivity index (χ3v) is 1.95. The van der Waals surface area contributed by atoms with E-state index in [9.17, 15) is 0 Å². The molecular weight excluding hydrogens is 176 g/mol. The first-order valence-electron chi connectivity index (χ1n) is 4.56. The number of hydrogen-bond acceptors (Lipinski definition) is 3. The number of hydrogen-bond donors (Lipinski definition) is 2. The minimum absolute atomic E-state index is 0.389. The molecule has 0 spiro atoms. The van der Waals surface area contributed by atoms with Gasteiger partial charge in [0.1, 0.15) is 0 Å². The van der Waals surface area contributed by atoms with Gasteiger partial charge in [0.15, 0.2) is 0 Å². The summed E-state index contributed by atoms with van der Waals surface area (Å²) in [5, 5.41) is 20.9. The van der Waals surface area contributed by atoms with Gasteiger partial charge in [-0.2, -0.15) is 5.26 Å². The molecule has 3 heteroatoms. The van der Waals surface area contributed by atoms with E-state index in [0.717, 1.165) is 11.3 Å². The molecule has 1 aromatic rings. The van der Waals surface area contributed by atoms with Crippen molar-refractivity contribution in [3.05, 3.63) is 29.3 Å². The van der Waals surface area contributed by atoms with Gasteiger partial charge in [0.25, 0.3) is 0 Å². The van der Waals surface area contributed by atoms with Crippen LogP contribution >= 0.6 is 0 Å². The van der Waals surface area contributed by atoms with Gasteiger partial charge >= 0.3 is 0 Å². The summed E-state index contributed by atoms with van der Waals surface area (Å²) in [5.41, 5.74) is 2.61. The van der Waals surface area contributed by atoms with E-state index in [2.05, 4.69) is 11.4 Å². The highest BCUT2D eigenvalue weighted by Crippen LogP contribution is 2.16. The molecule has 2 N–H and O–H groups in total. The Kier molecular flexibility index (Phi) is 3.49. The molecule has 0 saturated carbocycles. The van der Waals surface area contributed by atoms with E-state index >= 15 is 0 Å². The molecule has 3 nitrogen and oxygen atoms in total. The van der Waals surface area contributed by atoms with Gasteiger partial charge in [0.05, 0.1) is 17.7 Å². The van der Waals surface area contributed by atoms with Gasteiger partial charge in [-0.15, -0.1) is 0 Å². The highest BCUT2D eigenvalue weighted by Gasteiger charge is 2.01. The number of aryl methyl sites for hydroxylation is 1. The first-order chi connectivity index (χ1) is 6.63. The summed E-state index contributed by atoms with van der Waals surface area (Å²) in [7, 11) is 0. The lowest BCUT2D eigenvalue weighted by atomic mass is 10.1. The summed E-state index contributed by atoms with van der Waals surface area (Å²) in [6.45, 7) is 4.18. The summed E-state index contributed by atoms with van der Waals surface area (Å²) < 4.78 is 0. The van der Waals surface area contributed by atoms with Gasteiger partial charge in [-0.05, 0) is 31.5 Å². The predicted octanol–water partition coefficient (Wildman–Crippen LogP) is 1.66. The molecule has 14 heavy (non-hydrogen) atoms. The van der Waals surface area contributed by atoms with Crippen molar-refractivity contribution < 1.29 is 5.11 Å². The van der Waals surface area contributed by atoms with Crippen molar-refractivity contribution in [1.82, 2.24) is 0 Å². The minimum atomic E-state index is -0.389. The summed E-state index contributed by atoms with van der Waals surface area (Å²) >= 11 is 0. The summed E-state index contributed by atoms with van der Waals surface area (Å²) in [6, 6.07) is 7.54. The Bertz CT molecular complexity index is 353. The van der Waals surface area contributed by atoms with Crippen molar-refractivity contribution in [3.8, 4) is 6.07 Å². The van der Waals surface area contributed by atoms with E-state index in [1.165, 1.54) is 0 Å². The smallest absolute Gasteiger partial charge is 0.0992 e. The normalized spacial score (nSPS) is 11.9. The van der Waals surface area contributed by atoms with Crippen molar-refractivity contribution in [2.24, 2.45) is 0 Å². The SMILES string of the molecule is Cc1ccc(C#N)cc1NC[C@@H](C)O. The standard InChI is InChI=1S/C11H14N2O/c1-8-3-4-10(6-12)5-11(8)13-7-9(2)14/h3-5,9,13-14H,7H2,1-2H3/t9-/m1/s1. The molecule has 0 aliphatic rings. The molecule has 1 rings (SSSR count). The topological polar surface area (TPSA) is 56.0 Å². The van der Waals surface area contributed by atoms with Crippen molar-refractivity contribution in [2.45, 2.75) is 20.0 Å². The van der Waals surface area contributed by atoms with E-state index < -0.39 is 0 Å². The lowest BCUT2D eigenvalue weighted by Crippen LogP contribution is -2.15. The lowest BCUT2D eigenvalue weighted by molar-refractivity contribution is 0.208. The van der Waals surface area contributed by atoms with E-state index in [0.29, 0.717) is 12.1 Å². The quantitative estimate of drug-likeness (QED) is 0.762. The Morgan fingerprint density at radius 2 is 2.29 bits per heavy atom. The van der Waals surface area contributed by atoms with E-state index in [-0.39, 0.29) is 6.10 Å². The average Bonchev–Trinajstić information content (AvgIpc) is 2.16. The van der Waals surface area contributed by atoms with Crippen LogP contribution in [0, 0.1) is 18.3 Å². The molecular formula is C11H14N2O. The molecule has 0 saturated heterocycles. The van der Waals surface area contributed by atoms with Gasteiger partial charge in [-0.3, -0.25) is 0 Å². The number of benzene rings is 1. The highest BCUT2D eigenvalue weighted by atomic mass is 16.3. The lowest BCUT2D eigenvalue weighted by Gasteiger charge is -2.11. The zero-order chi connectivity index (χ0) is 10.6. The Hall–Kier alpha value is -1.53.